The molecule has 0 spiro atoms. The molecule has 0 aliphatic rings. The Morgan fingerprint density at radius 1 is 1.23 bits per heavy atom. The van der Waals surface area contributed by atoms with E-state index in [1.807, 2.05) is 20.8 Å². The molecule has 0 saturated heterocycles. The van der Waals surface area contributed by atoms with Crippen LogP contribution in [0.15, 0.2) is 5.16 Å². The molecule has 0 atom stereocenters. The van der Waals surface area contributed by atoms with Gasteiger partial charge in [0.15, 0.2) is 5.16 Å². The van der Waals surface area contributed by atoms with Crippen LogP contribution in [0, 0.1) is 32.1 Å². The maximum atomic E-state index is 8.39. The van der Waals surface area contributed by atoms with Crippen molar-refractivity contribution in [2.75, 3.05) is 5.75 Å². The first kappa shape index (κ1) is 10.0. The molecule has 0 fully saturated rings. The summed E-state index contributed by atoms with van der Waals surface area (Å²) in [6.07, 6.45) is 0. The van der Waals surface area contributed by atoms with E-state index in [-0.39, 0.29) is 0 Å². The van der Waals surface area contributed by atoms with Crippen molar-refractivity contribution in [2.45, 2.75) is 25.9 Å². The lowest BCUT2D eigenvalue weighted by molar-refractivity contribution is 0.882. The van der Waals surface area contributed by atoms with E-state index < -0.39 is 0 Å². The second-order valence-electron chi connectivity index (χ2n) is 2.75. The van der Waals surface area contributed by atoms with Crippen molar-refractivity contribution >= 4 is 11.8 Å². The van der Waals surface area contributed by atoms with E-state index in [1.54, 1.807) is 0 Å². The largest absolute Gasteiger partial charge is 0.228 e. The predicted molar refractivity (Wildman–Crippen MR) is 52.6 cm³/mol. The van der Waals surface area contributed by atoms with Crippen LogP contribution in [-0.4, -0.2) is 15.7 Å². The minimum atomic E-state index is 0.405. The zero-order chi connectivity index (χ0) is 9.84. The van der Waals surface area contributed by atoms with Crippen LogP contribution in [0.25, 0.3) is 0 Å². The van der Waals surface area contributed by atoms with Crippen LogP contribution in [0.1, 0.15) is 17.0 Å². The standard InChI is InChI=1S/C9H11N3S/c1-6-7(2)11-9(12-8(6)3)13-5-4-10/h5H2,1-3H3. The van der Waals surface area contributed by atoms with Gasteiger partial charge in [-0.05, 0) is 26.3 Å². The zero-order valence-corrected chi connectivity index (χ0v) is 8.77. The van der Waals surface area contributed by atoms with Crippen LogP contribution in [0.4, 0.5) is 0 Å². The molecular formula is C9H11N3S. The molecule has 3 nitrogen and oxygen atoms in total. The second-order valence-corrected chi connectivity index (χ2v) is 3.69. The molecule has 1 rings (SSSR count). The molecule has 1 heterocycles. The summed E-state index contributed by atoms with van der Waals surface area (Å²) in [6.45, 7) is 5.92. The van der Waals surface area contributed by atoms with E-state index in [4.69, 9.17) is 5.26 Å². The molecule has 0 N–H and O–H groups in total. The number of aromatic nitrogens is 2. The highest BCUT2D eigenvalue weighted by atomic mass is 32.2. The van der Waals surface area contributed by atoms with E-state index in [1.165, 1.54) is 11.8 Å². The smallest absolute Gasteiger partial charge is 0.189 e. The Labute approximate surface area is 82.2 Å². The molecule has 0 amide bonds. The first-order valence-electron chi connectivity index (χ1n) is 3.96. The fourth-order valence-electron chi connectivity index (χ4n) is 0.903. The fourth-order valence-corrected chi connectivity index (χ4v) is 1.50. The lowest BCUT2D eigenvalue weighted by atomic mass is 10.2. The highest BCUT2D eigenvalue weighted by Crippen LogP contribution is 2.16. The minimum absolute atomic E-state index is 0.405. The Morgan fingerprint density at radius 2 is 1.77 bits per heavy atom. The van der Waals surface area contributed by atoms with Crippen LogP contribution >= 0.6 is 11.8 Å². The Morgan fingerprint density at radius 3 is 2.23 bits per heavy atom. The van der Waals surface area contributed by atoms with Gasteiger partial charge in [0, 0.05) is 11.4 Å². The molecular weight excluding hydrogens is 182 g/mol. The van der Waals surface area contributed by atoms with E-state index in [2.05, 4.69) is 16.0 Å². The summed E-state index contributed by atoms with van der Waals surface area (Å²) in [5.41, 5.74) is 3.11. The van der Waals surface area contributed by atoms with E-state index in [9.17, 15) is 0 Å². The average Bonchev–Trinajstić information content (AvgIpc) is 2.10. The van der Waals surface area contributed by atoms with Crippen LogP contribution in [0.3, 0.4) is 0 Å². The summed E-state index contributed by atoms with van der Waals surface area (Å²) in [6, 6.07) is 2.05. The van der Waals surface area contributed by atoms with E-state index in [0.717, 1.165) is 17.0 Å². The number of hydrogen-bond donors (Lipinski definition) is 0. The fraction of sp³-hybridized carbons (Fsp3) is 0.444. The maximum absolute atomic E-state index is 8.39. The number of hydrogen-bond acceptors (Lipinski definition) is 4. The van der Waals surface area contributed by atoms with Gasteiger partial charge in [0.25, 0.3) is 0 Å². The van der Waals surface area contributed by atoms with Gasteiger partial charge < -0.3 is 0 Å². The van der Waals surface area contributed by atoms with Gasteiger partial charge in [0.2, 0.25) is 0 Å². The number of aryl methyl sites for hydroxylation is 2. The lowest BCUT2D eigenvalue weighted by Crippen LogP contribution is -1.98. The van der Waals surface area contributed by atoms with Crippen molar-refractivity contribution in [2.24, 2.45) is 0 Å². The van der Waals surface area contributed by atoms with Crippen LogP contribution < -0.4 is 0 Å². The number of nitriles is 1. The molecule has 1 aromatic rings. The molecule has 0 aliphatic heterocycles. The third-order valence-corrected chi connectivity index (χ3v) is 2.59. The van der Waals surface area contributed by atoms with Gasteiger partial charge in [-0.15, -0.1) is 0 Å². The van der Waals surface area contributed by atoms with Crippen LogP contribution in [-0.2, 0) is 0 Å². The number of rotatable bonds is 2. The van der Waals surface area contributed by atoms with Crippen molar-refractivity contribution in [1.82, 2.24) is 9.97 Å². The van der Waals surface area contributed by atoms with Gasteiger partial charge in [0.1, 0.15) is 0 Å². The summed E-state index contributed by atoms with van der Waals surface area (Å²) in [5, 5.41) is 9.09. The van der Waals surface area contributed by atoms with E-state index >= 15 is 0 Å². The third kappa shape index (κ3) is 2.43. The van der Waals surface area contributed by atoms with Crippen LogP contribution in [0.5, 0.6) is 0 Å². The Balaban J connectivity index is 2.94. The number of nitrogens with zero attached hydrogens (tertiary/aromatic N) is 3. The zero-order valence-electron chi connectivity index (χ0n) is 7.96. The second kappa shape index (κ2) is 4.24. The molecule has 0 bridgehead atoms. The SMILES string of the molecule is Cc1nc(SCC#N)nc(C)c1C. The molecule has 0 aliphatic carbocycles. The van der Waals surface area contributed by atoms with Crippen molar-refractivity contribution < 1.29 is 0 Å². The van der Waals surface area contributed by atoms with Crippen LogP contribution in [0.2, 0.25) is 0 Å². The van der Waals surface area contributed by atoms with Gasteiger partial charge in [0.05, 0.1) is 11.8 Å². The summed E-state index contributed by atoms with van der Waals surface area (Å²) >= 11 is 1.37. The predicted octanol–water partition coefficient (Wildman–Crippen LogP) is 2.02. The maximum Gasteiger partial charge on any atom is 0.189 e. The molecule has 0 saturated carbocycles. The lowest BCUT2D eigenvalue weighted by Gasteiger charge is -2.04. The van der Waals surface area contributed by atoms with Crippen molar-refractivity contribution in [3.05, 3.63) is 17.0 Å². The molecule has 4 heteroatoms. The van der Waals surface area contributed by atoms with E-state index in [0.29, 0.717) is 10.9 Å². The topological polar surface area (TPSA) is 49.6 Å². The van der Waals surface area contributed by atoms with Crippen molar-refractivity contribution in [3.8, 4) is 6.07 Å². The molecule has 1 aromatic heterocycles. The highest BCUT2D eigenvalue weighted by Gasteiger charge is 2.03. The first-order valence-corrected chi connectivity index (χ1v) is 4.95. The summed E-state index contributed by atoms with van der Waals surface area (Å²) in [4.78, 5) is 8.54. The normalized spacial score (nSPS) is 9.69. The highest BCUT2D eigenvalue weighted by molar-refractivity contribution is 7.99. The number of thioether (sulfide) groups is 1. The minimum Gasteiger partial charge on any atom is -0.228 e. The Kier molecular flexibility index (Phi) is 3.26. The Hall–Kier alpha value is -1.08. The summed E-state index contributed by atoms with van der Waals surface area (Å²) in [7, 11) is 0. The molecule has 0 unspecified atom stereocenters. The molecule has 0 radical (unpaired) electrons. The molecule has 0 aromatic carbocycles. The quantitative estimate of drug-likeness (QED) is 0.532. The van der Waals surface area contributed by atoms with Gasteiger partial charge >= 0.3 is 0 Å². The first-order chi connectivity index (χ1) is 6.15. The summed E-state index contributed by atoms with van der Waals surface area (Å²) in [5.74, 6) is 0.405. The third-order valence-electron chi connectivity index (χ3n) is 1.88. The van der Waals surface area contributed by atoms with Gasteiger partial charge in [-0.25, -0.2) is 9.97 Å². The Bertz CT molecular complexity index is 331. The van der Waals surface area contributed by atoms with Crippen molar-refractivity contribution in [3.63, 3.8) is 0 Å². The van der Waals surface area contributed by atoms with Gasteiger partial charge in [-0.2, -0.15) is 5.26 Å². The molecule has 68 valence electrons. The molecule has 13 heavy (non-hydrogen) atoms. The van der Waals surface area contributed by atoms with Gasteiger partial charge in [-0.1, -0.05) is 11.8 Å². The van der Waals surface area contributed by atoms with Crippen molar-refractivity contribution in [1.29, 1.82) is 5.26 Å². The van der Waals surface area contributed by atoms with Gasteiger partial charge in [-0.3, -0.25) is 0 Å². The monoisotopic (exact) mass is 193 g/mol. The average molecular weight is 193 g/mol. The summed E-state index contributed by atoms with van der Waals surface area (Å²) < 4.78 is 0.